The van der Waals surface area contributed by atoms with Crippen LogP contribution in [0.4, 0.5) is 0 Å². The van der Waals surface area contributed by atoms with Crippen molar-refractivity contribution < 1.29 is 14.3 Å². The van der Waals surface area contributed by atoms with Gasteiger partial charge in [0.05, 0.1) is 18.4 Å². The molecular formula is C10H17NO3S. The number of thioether (sulfide) groups is 1. The van der Waals surface area contributed by atoms with E-state index in [1.807, 2.05) is 13.0 Å². The van der Waals surface area contributed by atoms with Crippen LogP contribution in [0.15, 0.2) is 0 Å². The molecule has 0 rings (SSSR count). The maximum atomic E-state index is 11.1. The van der Waals surface area contributed by atoms with Gasteiger partial charge in [-0.05, 0) is 6.42 Å². The average molecular weight is 231 g/mol. The van der Waals surface area contributed by atoms with Gasteiger partial charge in [0.2, 0.25) is 0 Å². The van der Waals surface area contributed by atoms with E-state index in [1.165, 1.54) is 11.8 Å². The maximum Gasteiger partial charge on any atom is 0.315 e. The predicted octanol–water partition coefficient (Wildman–Crippen LogP) is 1.60. The highest BCUT2D eigenvalue weighted by atomic mass is 32.2. The first-order valence-corrected chi connectivity index (χ1v) is 6.14. The van der Waals surface area contributed by atoms with E-state index in [0.29, 0.717) is 37.7 Å². The van der Waals surface area contributed by atoms with Gasteiger partial charge in [-0.25, -0.2) is 0 Å². The molecule has 0 spiro atoms. The molecule has 0 aromatic carbocycles. The second-order valence-corrected chi connectivity index (χ2v) is 3.90. The fourth-order valence-electron chi connectivity index (χ4n) is 0.776. The van der Waals surface area contributed by atoms with Crippen molar-refractivity contribution in [2.75, 3.05) is 31.3 Å². The first-order chi connectivity index (χ1) is 7.31. The van der Waals surface area contributed by atoms with Crippen molar-refractivity contribution in [3.8, 4) is 6.07 Å². The van der Waals surface area contributed by atoms with E-state index < -0.39 is 0 Å². The number of hydrogen-bond acceptors (Lipinski definition) is 5. The van der Waals surface area contributed by atoms with Gasteiger partial charge >= 0.3 is 5.97 Å². The van der Waals surface area contributed by atoms with Crippen LogP contribution < -0.4 is 0 Å². The molecule has 0 atom stereocenters. The van der Waals surface area contributed by atoms with Gasteiger partial charge in [0.1, 0.15) is 6.61 Å². The van der Waals surface area contributed by atoms with Crippen LogP contribution in [0.2, 0.25) is 0 Å². The summed E-state index contributed by atoms with van der Waals surface area (Å²) in [6.07, 6.45) is 1.44. The van der Waals surface area contributed by atoms with Crippen molar-refractivity contribution >= 4 is 17.7 Å². The standard InChI is InChI=1S/C10H17NO3S/c1-2-5-13-6-7-14-10(12)9-15-8-3-4-11/h2-3,5-9H2,1H3. The van der Waals surface area contributed by atoms with Gasteiger partial charge in [0.25, 0.3) is 0 Å². The molecule has 0 aromatic heterocycles. The van der Waals surface area contributed by atoms with Gasteiger partial charge in [0, 0.05) is 18.8 Å². The minimum absolute atomic E-state index is 0.238. The Labute approximate surface area is 94.9 Å². The van der Waals surface area contributed by atoms with Crippen LogP contribution >= 0.6 is 11.8 Å². The highest BCUT2D eigenvalue weighted by Crippen LogP contribution is 2.02. The van der Waals surface area contributed by atoms with Gasteiger partial charge in [-0.1, -0.05) is 6.92 Å². The molecule has 0 radical (unpaired) electrons. The second-order valence-electron chi connectivity index (χ2n) is 2.79. The van der Waals surface area contributed by atoms with Crippen LogP contribution in [0.25, 0.3) is 0 Å². The molecule has 0 aromatic rings. The molecule has 0 heterocycles. The van der Waals surface area contributed by atoms with E-state index in [0.717, 1.165) is 6.42 Å². The normalized spacial score (nSPS) is 9.60. The maximum absolute atomic E-state index is 11.1. The van der Waals surface area contributed by atoms with Crippen molar-refractivity contribution in [2.24, 2.45) is 0 Å². The fourth-order valence-corrected chi connectivity index (χ4v) is 1.41. The van der Waals surface area contributed by atoms with Crippen LogP contribution in [-0.4, -0.2) is 37.3 Å². The molecular weight excluding hydrogens is 214 g/mol. The lowest BCUT2D eigenvalue weighted by molar-refractivity contribution is -0.141. The summed E-state index contributed by atoms with van der Waals surface area (Å²) in [5.41, 5.74) is 0. The molecule has 0 aliphatic carbocycles. The number of rotatable bonds is 9. The van der Waals surface area contributed by atoms with Gasteiger partial charge in [-0.2, -0.15) is 5.26 Å². The lowest BCUT2D eigenvalue weighted by Crippen LogP contribution is -2.12. The van der Waals surface area contributed by atoms with Crippen LogP contribution in [-0.2, 0) is 14.3 Å². The van der Waals surface area contributed by atoms with E-state index in [-0.39, 0.29) is 5.97 Å². The third-order valence-corrected chi connectivity index (χ3v) is 2.35. The fraction of sp³-hybridized carbons (Fsp3) is 0.800. The largest absolute Gasteiger partial charge is 0.463 e. The minimum atomic E-state index is -0.238. The summed E-state index contributed by atoms with van der Waals surface area (Å²) in [5.74, 6) is 0.756. The number of esters is 1. The zero-order valence-electron chi connectivity index (χ0n) is 9.03. The summed E-state index contributed by atoms with van der Waals surface area (Å²) in [5, 5.41) is 8.26. The molecule has 5 heteroatoms. The number of nitrogens with zero attached hydrogens (tertiary/aromatic N) is 1. The van der Waals surface area contributed by atoms with E-state index >= 15 is 0 Å². The highest BCUT2D eigenvalue weighted by molar-refractivity contribution is 7.99. The minimum Gasteiger partial charge on any atom is -0.463 e. The topological polar surface area (TPSA) is 59.3 Å². The Bertz CT molecular complexity index is 203. The molecule has 86 valence electrons. The zero-order valence-corrected chi connectivity index (χ0v) is 9.85. The second kappa shape index (κ2) is 11.3. The Morgan fingerprint density at radius 2 is 2.20 bits per heavy atom. The Kier molecular flexibility index (Phi) is 10.8. The summed E-state index contributed by atoms with van der Waals surface area (Å²) < 4.78 is 10.1. The van der Waals surface area contributed by atoms with E-state index in [9.17, 15) is 4.79 Å². The number of hydrogen-bond donors (Lipinski definition) is 0. The quantitative estimate of drug-likeness (QED) is 0.445. The molecule has 0 unspecified atom stereocenters. The molecule has 0 saturated heterocycles. The molecule has 0 bridgehead atoms. The van der Waals surface area contributed by atoms with Crippen molar-refractivity contribution in [2.45, 2.75) is 19.8 Å². The third-order valence-electron chi connectivity index (χ3n) is 1.42. The first-order valence-electron chi connectivity index (χ1n) is 4.99. The lowest BCUT2D eigenvalue weighted by atomic mass is 10.5. The summed E-state index contributed by atoms with van der Waals surface area (Å²) in [7, 11) is 0. The lowest BCUT2D eigenvalue weighted by Gasteiger charge is -2.04. The van der Waals surface area contributed by atoms with Gasteiger partial charge in [-0.3, -0.25) is 4.79 Å². The molecule has 0 N–H and O–H groups in total. The van der Waals surface area contributed by atoms with Crippen LogP contribution in [0.5, 0.6) is 0 Å². The molecule has 0 amide bonds. The van der Waals surface area contributed by atoms with Gasteiger partial charge < -0.3 is 9.47 Å². The van der Waals surface area contributed by atoms with Crippen molar-refractivity contribution in [1.82, 2.24) is 0 Å². The van der Waals surface area contributed by atoms with Crippen LogP contribution in [0.1, 0.15) is 19.8 Å². The SMILES string of the molecule is CCCOCCOC(=O)CSCCC#N. The molecule has 15 heavy (non-hydrogen) atoms. The molecule has 0 aliphatic heterocycles. The first kappa shape index (κ1) is 14.3. The number of nitriles is 1. The van der Waals surface area contributed by atoms with Crippen LogP contribution in [0, 0.1) is 11.3 Å². The van der Waals surface area contributed by atoms with Gasteiger partial charge in [0.15, 0.2) is 0 Å². The Morgan fingerprint density at radius 3 is 2.87 bits per heavy atom. The predicted molar refractivity (Wildman–Crippen MR) is 59.6 cm³/mol. The van der Waals surface area contributed by atoms with E-state index in [1.54, 1.807) is 0 Å². The van der Waals surface area contributed by atoms with Gasteiger partial charge in [-0.15, -0.1) is 11.8 Å². The third kappa shape index (κ3) is 11.2. The summed E-state index contributed by atoms with van der Waals surface area (Å²) >= 11 is 1.42. The molecule has 0 fully saturated rings. The van der Waals surface area contributed by atoms with Crippen molar-refractivity contribution in [3.63, 3.8) is 0 Å². The number of carbonyl (C=O) groups is 1. The molecule has 0 aliphatic rings. The summed E-state index contributed by atoms with van der Waals surface area (Å²) in [6, 6.07) is 2.01. The van der Waals surface area contributed by atoms with Crippen molar-refractivity contribution in [3.05, 3.63) is 0 Å². The zero-order chi connectivity index (χ0) is 11.4. The average Bonchev–Trinajstić information content (AvgIpc) is 2.24. The highest BCUT2D eigenvalue weighted by Gasteiger charge is 2.01. The number of ether oxygens (including phenoxy) is 2. The van der Waals surface area contributed by atoms with E-state index in [2.05, 4.69) is 0 Å². The Balaban J connectivity index is 3.16. The summed E-state index contributed by atoms with van der Waals surface area (Å²) in [6.45, 7) is 3.51. The van der Waals surface area contributed by atoms with Crippen molar-refractivity contribution in [1.29, 1.82) is 5.26 Å². The Morgan fingerprint density at radius 1 is 1.40 bits per heavy atom. The van der Waals surface area contributed by atoms with Crippen LogP contribution in [0.3, 0.4) is 0 Å². The molecule has 0 saturated carbocycles. The monoisotopic (exact) mass is 231 g/mol. The smallest absolute Gasteiger partial charge is 0.315 e. The number of carbonyl (C=O) groups excluding carboxylic acids is 1. The summed E-state index contributed by atoms with van der Waals surface area (Å²) in [4.78, 5) is 11.1. The molecule has 4 nitrogen and oxygen atoms in total. The van der Waals surface area contributed by atoms with E-state index in [4.69, 9.17) is 14.7 Å². The Hall–Kier alpha value is -0.730.